The van der Waals surface area contributed by atoms with E-state index in [-0.39, 0.29) is 18.1 Å². The Labute approximate surface area is 172 Å². The lowest BCUT2D eigenvalue weighted by Gasteiger charge is -2.41. The van der Waals surface area contributed by atoms with E-state index < -0.39 is 0 Å². The lowest BCUT2D eigenvalue weighted by molar-refractivity contribution is 0.0908. The molecule has 1 unspecified atom stereocenters. The van der Waals surface area contributed by atoms with Crippen molar-refractivity contribution in [3.8, 4) is 0 Å². The Morgan fingerprint density at radius 3 is 2.72 bits per heavy atom. The number of hydrogen-bond donors (Lipinski definition) is 2. The number of carbonyl (C=O) groups is 1. The van der Waals surface area contributed by atoms with Gasteiger partial charge in [-0.05, 0) is 50.1 Å². The van der Waals surface area contributed by atoms with Crippen molar-refractivity contribution in [1.82, 2.24) is 14.8 Å². The minimum absolute atomic E-state index is 0.184. The lowest BCUT2D eigenvalue weighted by Crippen LogP contribution is -2.52. The molecule has 0 aliphatic carbocycles. The predicted octanol–water partition coefficient (Wildman–Crippen LogP) is 3.56. The highest BCUT2D eigenvalue weighted by molar-refractivity contribution is 5.99. The summed E-state index contributed by atoms with van der Waals surface area (Å²) in [4.78, 5) is 31.7. The van der Waals surface area contributed by atoms with Gasteiger partial charge in [0.05, 0.1) is 11.9 Å². The number of piperazine rings is 1. The number of aromatic nitrogens is 1. The minimum atomic E-state index is -0.304. The van der Waals surface area contributed by atoms with Crippen molar-refractivity contribution in [2.75, 3.05) is 30.3 Å². The second-order valence-electron chi connectivity index (χ2n) is 7.41. The highest BCUT2D eigenvalue weighted by atomic mass is 16.2. The summed E-state index contributed by atoms with van der Waals surface area (Å²) < 4.78 is 0. The Bertz CT molecular complexity index is 839. The molecule has 0 spiro atoms. The van der Waals surface area contributed by atoms with Gasteiger partial charge in [-0.1, -0.05) is 19.1 Å². The van der Waals surface area contributed by atoms with E-state index >= 15 is 0 Å². The number of benzene rings is 1. The van der Waals surface area contributed by atoms with Gasteiger partial charge >= 0.3 is 12.4 Å². The Kier molecular flexibility index (Phi) is 6.82. The van der Waals surface area contributed by atoms with Crippen molar-refractivity contribution in [3.63, 3.8) is 0 Å². The van der Waals surface area contributed by atoms with Crippen molar-refractivity contribution in [2.45, 2.75) is 39.3 Å². The van der Waals surface area contributed by atoms with Gasteiger partial charge < -0.3 is 15.5 Å². The first-order valence-electron chi connectivity index (χ1n) is 9.99. The fourth-order valence-electron chi connectivity index (χ4n) is 3.62. The molecule has 1 aliphatic heterocycles. The average Bonchev–Trinajstić information content (AvgIpc) is 2.74. The molecular weight excluding hydrogens is 366 g/mol. The summed E-state index contributed by atoms with van der Waals surface area (Å²) in [6.07, 6.45) is 4.60. The fourth-order valence-corrected chi connectivity index (χ4v) is 3.62. The monoisotopic (exact) mass is 394 g/mol. The summed E-state index contributed by atoms with van der Waals surface area (Å²) in [5.41, 5.74) is 3.40. The second kappa shape index (κ2) is 9.52. The van der Waals surface area contributed by atoms with E-state index in [0.717, 1.165) is 36.5 Å². The van der Waals surface area contributed by atoms with Crippen LogP contribution >= 0.6 is 0 Å². The molecule has 1 fully saturated rings. The van der Waals surface area contributed by atoms with Gasteiger partial charge in [-0.25, -0.2) is 4.79 Å². The third-order valence-corrected chi connectivity index (χ3v) is 5.45. The highest BCUT2D eigenvalue weighted by Crippen LogP contribution is 2.26. The first-order chi connectivity index (χ1) is 14.0. The van der Waals surface area contributed by atoms with Crippen LogP contribution in [0.5, 0.6) is 0 Å². The van der Waals surface area contributed by atoms with Crippen LogP contribution in [0.25, 0.3) is 0 Å². The fraction of sp³-hybridized carbons (Fsp3) is 0.409. The zero-order valence-corrected chi connectivity index (χ0v) is 17.2. The second-order valence-corrected chi connectivity index (χ2v) is 7.41. The summed E-state index contributed by atoms with van der Waals surface area (Å²) in [6.45, 7) is 8.48. The Morgan fingerprint density at radius 2 is 2.03 bits per heavy atom. The molecule has 2 N–H and O–H groups in total. The third-order valence-electron chi connectivity index (χ3n) is 5.45. The first-order valence-corrected chi connectivity index (χ1v) is 9.99. The van der Waals surface area contributed by atoms with Crippen LogP contribution in [-0.2, 0) is 4.79 Å². The standard InChI is InChI=1S/C22H28N5O2/c1-4-21-14-26(10-11-27(21)15-28)17(3)18-6-5-7-19(12-18)24-22(29)25-20-9-8-16(2)23-13-20/h5-9,12-13,17,21H,4,10-11,14H2,1-3H3,(H2,24,25,29)/t17-,21?/m0/s1. The van der Waals surface area contributed by atoms with E-state index in [4.69, 9.17) is 0 Å². The molecule has 29 heavy (non-hydrogen) atoms. The van der Waals surface area contributed by atoms with Gasteiger partial charge in [0.1, 0.15) is 0 Å². The quantitative estimate of drug-likeness (QED) is 0.785. The van der Waals surface area contributed by atoms with Crippen molar-refractivity contribution in [2.24, 2.45) is 0 Å². The summed E-state index contributed by atoms with van der Waals surface area (Å²) in [5.74, 6) is 0. The van der Waals surface area contributed by atoms with Crippen LogP contribution in [0.2, 0.25) is 0 Å². The van der Waals surface area contributed by atoms with Gasteiger partial charge in [0.25, 0.3) is 0 Å². The van der Waals surface area contributed by atoms with Gasteiger partial charge in [0, 0.05) is 43.1 Å². The summed E-state index contributed by atoms with van der Waals surface area (Å²) in [6, 6.07) is 11.6. The van der Waals surface area contributed by atoms with Crippen LogP contribution in [0.15, 0.2) is 42.6 Å². The van der Waals surface area contributed by atoms with Crippen molar-refractivity contribution in [3.05, 3.63) is 53.9 Å². The van der Waals surface area contributed by atoms with Gasteiger partial charge in [0.15, 0.2) is 0 Å². The molecule has 1 aromatic carbocycles. The van der Waals surface area contributed by atoms with Crippen molar-refractivity contribution in [1.29, 1.82) is 0 Å². The first kappa shape index (κ1) is 20.8. The number of urea groups is 1. The number of nitrogens with zero attached hydrogens (tertiary/aromatic N) is 3. The van der Waals surface area contributed by atoms with Crippen LogP contribution in [0.1, 0.15) is 37.6 Å². The molecule has 2 atom stereocenters. The van der Waals surface area contributed by atoms with Gasteiger partial charge in [0.2, 0.25) is 0 Å². The smallest absolute Gasteiger partial charge is 0.323 e. The van der Waals surface area contributed by atoms with E-state index in [1.165, 1.54) is 0 Å². The van der Waals surface area contributed by atoms with Crippen LogP contribution in [0.4, 0.5) is 16.2 Å². The van der Waals surface area contributed by atoms with Crippen LogP contribution < -0.4 is 10.6 Å². The van der Waals surface area contributed by atoms with Crippen LogP contribution in [-0.4, -0.2) is 52.9 Å². The average molecular weight is 394 g/mol. The Hall–Kier alpha value is -2.93. The number of amides is 3. The molecular formula is C22H28N5O2. The SMILES string of the molecule is CCC1CN([C@@H](C)c2cccc(NC(=O)Nc3ccc(C)nc3)c2)CCN1[C]=O. The minimum Gasteiger partial charge on any atom is -0.329 e. The molecule has 2 heterocycles. The molecule has 1 saturated heterocycles. The molecule has 1 aromatic heterocycles. The number of anilines is 2. The molecule has 1 aliphatic rings. The van der Waals surface area contributed by atoms with Crippen LogP contribution in [0, 0.1) is 6.92 Å². The summed E-state index contributed by atoms with van der Waals surface area (Å²) in [7, 11) is 0. The molecule has 3 rings (SSSR count). The van der Waals surface area contributed by atoms with Crippen molar-refractivity contribution >= 4 is 23.8 Å². The molecule has 1 radical (unpaired) electrons. The Morgan fingerprint density at radius 1 is 1.24 bits per heavy atom. The molecule has 0 bridgehead atoms. The molecule has 2 aromatic rings. The third kappa shape index (κ3) is 5.32. The molecule has 0 saturated carbocycles. The number of aryl methyl sites for hydroxylation is 1. The van der Waals surface area contributed by atoms with E-state index in [2.05, 4.69) is 46.8 Å². The Balaban J connectivity index is 1.63. The molecule has 153 valence electrons. The maximum atomic E-state index is 12.3. The highest BCUT2D eigenvalue weighted by Gasteiger charge is 2.28. The van der Waals surface area contributed by atoms with Gasteiger partial charge in [-0.15, -0.1) is 0 Å². The number of hydrogen-bond acceptors (Lipinski definition) is 4. The van der Waals surface area contributed by atoms with E-state index in [1.807, 2.05) is 37.3 Å². The predicted molar refractivity (Wildman–Crippen MR) is 115 cm³/mol. The van der Waals surface area contributed by atoms with Gasteiger partial charge in [-0.3, -0.25) is 14.7 Å². The van der Waals surface area contributed by atoms with E-state index in [1.54, 1.807) is 11.1 Å². The van der Waals surface area contributed by atoms with Crippen LogP contribution in [0.3, 0.4) is 0 Å². The van der Waals surface area contributed by atoms with Gasteiger partial charge in [-0.2, -0.15) is 0 Å². The number of nitrogens with one attached hydrogen (secondary N) is 2. The van der Waals surface area contributed by atoms with E-state index in [0.29, 0.717) is 12.2 Å². The summed E-state index contributed by atoms with van der Waals surface area (Å²) in [5, 5.41) is 5.67. The largest absolute Gasteiger partial charge is 0.329 e. The molecule has 7 heteroatoms. The number of carbonyl (C=O) groups excluding carboxylic acids is 2. The summed E-state index contributed by atoms with van der Waals surface area (Å²) >= 11 is 0. The zero-order chi connectivity index (χ0) is 20.8. The molecule has 3 amide bonds. The van der Waals surface area contributed by atoms with Crippen molar-refractivity contribution < 1.29 is 9.59 Å². The maximum absolute atomic E-state index is 12.3. The topological polar surface area (TPSA) is 77.6 Å². The molecule has 7 nitrogen and oxygen atoms in total. The lowest BCUT2D eigenvalue weighted by atomic mass is 10.0. The normalized spacial score (nSPS) is 18.2. The zero-order valence-electron chi connectivity index (χ0n) is 17.2. The van der Waals surface area contributed by atoms with E-state index in [9.17, 15) is 9.59 Å². The number of rotatable bonds is 6. The maximum Gasteiger partial charge on any atom is 0.323 e. The number of pyridine rings is 1.